The van der Waals surface area contributed by atoms with Crippen molar-refractivity contribution in [3.8, 4) is 22.5 Å². The highest BCUT2D eigenvalue weighted by Gasteiger charge is 2.16. The van der Waals surface area contributed by atoms with E-state index >= 15 is 0 Å². The van der Waals surface area contributed by atoms with Gasteiger partial charge in [-0.2, -0.15) is 0 Å². The third-order valence-electron chi connectivity index (χ3n) is 7.93. The highest BCUT2D eigenvalue weighted by molar-refractivity contribution is 5.98. The minimum absolute atomic E-state index is 1.07. The molecule has 0 spiro atoms. The first-order valence-electron chi connectivity index (χ1n) is 17.7. The number of hydrogen-bond acceptors (Lipinski definition) is 0. The summed E-state index contributed by atoms with van der Waals surface area (Å²) in [6.45, 7) is 28.0. The lowest BCUT2D eigenvalue weighted by atomic mass is 10.0. The molecule has 254 valence electrons. The smallest absolute Gasteiger partial charge is 0.0541 e. The van der Waals surface area contributed by atoms with Crippen molar-refractivity contribution < 1.29 is 0 Å². The molecule has 50 heavy (non-hydrogen) atoms. The van der Waals surface area contributed by atoms with Crippen LogP contribution in [0.2, 0.25) is 0 Å². The van der Waals surface area contributed by atoms with Crippen LogP contribution in [0.25, 0.3) is 68.6 Å². The molecule has 0 amide bonds. The number of hydrogen-bond donors (Lipinski definition) is 0. The SMILES string of the molecule is C=Cc1c(C=C)n(-c2ccccc2)c2ccc(-c3ccccc3)cc12.C=Cc1c(C=C)n(-c2ccccc2)c2ccccc12.CC.CC.CC. The van der Waals surface area contributed by atoms with Crippen LogP contribution in [-0.4, -0.2) is 9.13 Å². The highest BCUT2D eigenvalue weighted by Crippen LogP contribution is 2.34. The standard InChI is InChI=1S/C24H19N.C18H15N.3C2H6/c1-3-21-22-17-19(18-11-7-5-8-12-18)15-16-24(22)25(23(21)4-2)20-13-9-6-10-14-20;1-3-15-16-12-8-9-13-18(16)19(17(15)4-2)14-10-6-5-7-11-14;3*1-2/h3-17H,1-2H2;3-13H,1-2H2;3*1-2H3. The van der Waals surface area contributed by atoms with E-state index in [-0.39, 0.29) is 0 Å². The topological polar surface area (TPSA) is 9.86 Å². The Morgan fingerprint density at radius 3 is 1.24 bits per heavy atom. The second-order valence-corrected chi connectivity index (χ2v) is 10.4. The van der Waals surface area contributed by atoms with E-state index in [9.17, 15) is 0 Å². The van der Waals surface area contributed by atoms with Crippen LogP contribution in [0.15, 0.2) is 160 Å². The molecule has 0 fully saturated rings. The summed E-state index contributed by atoms with van der Waals surface area (Å²) in [4.78, 5) is 0. The van der Waals surface area contributed by atoms with Gasteiger partial charge in [-0.05, 0) is 65.7 Å². The molecule has 0 aliphatic rings. The lowest BCUT2D eigenvalue weighted by Gasteiger charge is -2.09. The van der Waals surface area contributed by atoms with Gasteiger partial charge in [0.1, 0.15) is 0 Å². The summed E-state index contributed by atoms with van der Waals surface area (Å²) in [5.74, 6) is 0. The van der Waals surface area contributed by atoms with Gasteiger partial charge in [0.2, 0.25) is 0 Å². The van der Waals surface area contributed by atoms with E-state index in [0.29, 0.717) is 0 Å². The largest absolute Gasteiger partial charge is 0.309 e. The average molecular weight is 657 g/mol. The van der Waals surface area contributed by atoms with Gasteiger partial charge in [0.25, 0.3) is 0 Å². The molecule has 0 atom stereocenters. The Hall–Kier alpha value is -5.86. The summed E-state index contributed by atoms with van der Waals surface area (Å²) >= 11 is 0. The predicted octanol–water partition coefficient (Wildman–Crippen LogP) is 14.6. The van der Waals surface area contributed by atoms with E-state index in [1.54, 1.807) is 0 Å². The van der Waals surface area contributed by atoms with Crippen molar-refractivity contribution in [2.75, 3.05) is 0 Å². The number of para-hydroxylation sites is 3. The van der Waals surface area contributed by atoms with Crippen LogP contribution in [0.3, 0.4) is 0 Å². The summed E-state index contributed by atoms with van der Waals surface area (Å²) in [6.07, 6.45) is 7.63. The molecule has 7 aromatic rings. The summed E-state index contributed by atoms with van der Waals surface area (Å²) < 4.78 is 4.47. The number of benzene rings is 5. The van der Waals surface area contributed by atoms with Crippen molar-refractivity contribution in [3.05, 3.63) is 182 Å². The van der Waals surface area contributed by atoms with E-state index in [1.807, 2.05) is 96.2 Å². The molecule has 5 aromatic carbocycles. The van der Waals surface area contributed by atoms with E-state index in [2.05, 4.69) is 139 Å². The fourth-order valence-corrected chi connectivity index (χ4v) is 5.97. The van der Waals surface area contributed by atoms with Crippen molar-refractivity contribution in [2.24, 2.45) is 0 Å². The molecule has 0 bridgehead atoms. The average Bonchev–Trinajstić information content (AvgIpc) is 3.72. The molecule has 0 aliphatic carbocycles. The van der Waals surface area contributed by atoms with Gasteiger partial charge in [-0.1, -0.05) is 171 Å². The molecule has 0 saturated carbocycles. The van der Waals surface area contributed by atoms with E-state index in [4.69, 9.17) is 0 Å². The molecular formula is C48H52N2. The molecule has 7 rings (SSSR count). The molecule has 2 heterocycles. The number of nitrogens with zero attached hydrogens (tertiary/aromatic N) is 2. The van der Waals surface area contributed by atoms with Gasteiger partial charge in [-0.15, -0.1) is 0 Å². The van der Waals surface area contributed by atoms with Crippen molar-refractivity contribution in [1.29, 1.82) is 0 Å². The first-order valence-corrected chi connectivity index (χ1v) is 17.7. The minimum atomic E-state index is 1.07. The Kier molecular flexibility index (Phi) is 15.3. The van der Waals surface area contributed by atoms with Crippen molar-refractivity contribution in [2.45, 2.75) is 41.5 Å². The van der Waals surface area contributed by atoms with Crippen LogP contribution in [0, 0.1) is 0 Å². The zero-order valence-electron chi connectivity index (χ0n) is 30.7. The Balaban J connectivity index is 0.000000242. The van der Waals surface area contributed by atoms with Gasteiger partial charge in [-0.3, -0.25) is 0 Å². The molecule has 2 heteroatoms. The number of rotatable bonds is 7. The molecule has 0 N–H and O–H groups in total. The van der Waals surface area contributed by atoms with Gasteiger partial charge in [0, 0.05) is 33.3 Å². The predicted molar refractivity (Wildman–Crippen MR) is 226 cm³/mol. The molecule has 0 unspecified atom stereocenters. The van der Waals surface area contributed by atoms with Crippen LogP contribution in [0.5, 0.6) is 0 Å². The first-order chi connectivity index (χ1) is 24.7. The zero-order chi connectivity index (χ0) is 36.5. The molecular weight excluding hydrogens is 605 g/mol. The second-order valence-electron chi connectivity index (χ2n) is 10.4. The first kappa shape index (κ1) is 38.6. The van der Waals surface area contributed by atoms with E-state index in [0.717, 1.165) is 39.4 Å². The summed E-state index contributed by atoms with van der Waals surface area (Å²) in [6, 6.07) is 46.1. The van der Waals surface area contributed by atoms with E-state index < -0.39 is 0 Å². The Labute approximate surface area is 300 Å². The van der Waals surface area contributed by atoms with Crippen LogP contribution in [-0.2, 0) is 0 Å². The normalized spacial score (nSPS) is 9.72. The monoisotopic (exact) mass is 656 g/mol. The molecule has 0 aliphatic heterocycles. The van der Waals surface area contributed by atoms with Gasteiger partial charge in [-0.25, -0.2) is 0 Å². The van der Waals surface area contributed by atoms with Gasteiger partial charge in [0.05, 0.1) is 22.4 Å². The summed E-state index contributed by atoms with van der Waals surface area (Å²) in [5.41, 5.74) is 11.4. The fraction of sp³-hybridized carbons (Fsp3) is 0.125. The van der Waals surface area contributed by atoms with Gasteiger partial charge < -0.3 is 9.13 Å². The second kappa shape index (κ2) is 19.8. The quantitative estimate of drug-likeness (QED) is 0.162. The number of aromatic nitrogens is 2. The summed E-state index contributed by atoms with van der Waals surface area (Å²) in [7, 11) is 0. The van der Waals surface area contributed by atoms with Crippen molar-refractivity contribution in [3.63, 3.8) is 0 Å². The number of fused-ring (bicyclic) bond motifs is 2. The van der Waals surface area contributed by atoms with E-state index in [1.165, 1.54) is 27.4 Å². The highest BCUT2D eigenvalue weighted by atomic mass is 15.0. The Morgan fingerprint density at radius 2 is 0.780 bits per heavy atom. The Morgan fingerprint density at radius 1 is 0.380 bits per heavy atom. The zero-order valence-corrected chi connectivity index (χ0v) is 30.7. The lowest BCUT2D eigenvalue weighted by Crippen LogP contribution is -1.96. The third-order valence-corrected chi connectivity index (χ3v) is 7.93. The molecule has 2 aromatic heterocycles. The molecule has 0 radical (unpaired) electrons. The van der Waals surface area contributed by atoms with Crippen LogP contribution < -0.4 is 0 Å². The summed E-state index contributed by atoms with van der Waals surface area (Å²) in [5, 5.41) is 2.39. The van der Waals surface area contributed by atoms with Gasteiger partial charge >= 0.3 is 0 Å². The lowest BCUT2D eigenvalue weighted by molar-refractivity contribution is 1.11. The van der Waals surface area contributed by atoms with Crippen molar-refractivity contribution in [1.82, 2.24) is 9.13 Å². The minimum Gasteiger partial charge on any atom is -0.309 e. The third kappa shape index (κ3) is 8.05. The van der Waals surface area contributed by atoms with Crippen molar-refractivity contribution >= 4 is 46.1 Å². The Bertz CT molecular complexity index is 2110. The van der Waals surface area contributed by atoms with Gasteiger partial charge in [0.15, 0.2) is 0 Å². The maximum Gasteiger partial charge on any atom is 0.0541 e. The maximum absolute atomic E-state index is 4.04. The van der Waals surface area contributed by atoms with Crippen LogP contribution in [0.4, 0.5) is 0 Å². The molecule has 0 saturated heterocycles. The van der Waals surface area contributed by atoms with Crippen LogP contribution >= 0.6 is 0 Å². The van der Waals surface area contributed by atoms with Crippen LogP contribution in [0.1, 0.15) is 64.1 Å². The molecule has 2 nitrogen and oxygen atoms in total. The fourth-order valence-electron chi connectivity index (χ4n) is 5.97. The maximum atomic E-state index is 4.04.